The van der Waals surface area contributed by atoms with Gasteiger partial charge in [0.15, 0.2) is 0 Å². The lowest BCUT2D eigenvalue weighted by Gasteiger charge is -2.35. The Morgan fingerprint density at radius 1 is 1.28 bits per heavy atom. The van der Waals surface area contributed by atoms with Crippen LogP contribution in [0.15, 0.2) is 24.3 Å². The Balaban J connectivity index is 3.07. The van der Waals surface area contributed by atoms with Gasteiger partial charge in [0.1, 0.15) is 5.75 Å². The van der Waals surface area contributed by atoms with Crippen molar-refractivity contribution in [3.05, 3.63) is 29.8 Å². The first-order valence-corrected chi connectivity index (χ1v) is 6.78. The molecule has 0 saturated heterocycles. The van der Waals surface area contributed by atoms with Gasteiger partial charge in [0.2, 0.25) is 0 Å². The van der Waals surface area contributed by atoms with Gasteiger partial charge in [-0.15, -0.1) is 0 Å². The maximum Gasteiger partial charge on any atom is 0.123 e. The van der Waals surface area contributed by atoms with E-state index in [1.54, 1.807) is 7.11 Å². The number of hydrogen-bond donors (Lipinski definition) is 1. The highest BCUT2D eigenvalue weighted by atomic mass is 16.5. The SMILES string of the molecule is CCC(C)N(CC)C(CN)c1ccccc1OC. The van der Waals surface area contributed by atoms with Crippen LogP contribution in [0.25, 0.3) is 0 Å². The van der Waals surface area contributed by atoms with E-state index in [0.29, 0.717) is 12.6 Å². The molecule has 2 unspecified atom stereocenters. The van der Waals surface area contributed by atoms with Crippen molar-refractivity contribution in [3.8, 4) is 5.75 Å². The van der Waals surface area contributed by atoms with Gasteiger partial charge in [0.05, 0.1) is 13.2 Å². The summed E-state index contributed by atoms with van der Waals surface area (Å²) in [6, 6.07) is 8.90. The monoisotopic (exact) mass is 250 g/mol. The molecule has 0 bridgehead atoms. The van der Waals surface area contributed by atoms with Crippen molar-refractivity contribution in [3.63, 3.8) is 0 Å². The fraction of sp³-hybridized carbons (Fsp3) is 0.600. The van der Waals surface area contributed by atoms with Gasteiger partial charge in [0.25, 0.3) is 0 Å². The second kappa shape index (κ2) is 7.39. The predicted octanol–water partition coefficient (Wildman–Crippen LogP) is 2.82. The van der Waals surface area contributed by atoms with Gasteiger partial charge >= 0.3 is 0 Å². The molecule has 3 heteroatoms. The molecule has 0 saturated carbocycles. The van der Waals surface area contributed by atoms with Crippen LogP contribution in [-0.2, 0) is 0 Å². The second-order valence-corrected chi connectivity index (χ2v) is 4.58. The molecule has 1 aromatic carbocycles. The average Bonchev–Trinajstić information content (AvgIpc) is 2.43. The highest BCUT2D eigenvalue weighted by molar-refractivity contribution is 5.36. The number of para-hydroxylation sites is 1. The Morgan fingerprint density at radius 3 is 2.44 bits per heavy atom. The van der Waals surface area contributed by atoms with E-state index in [2.05, 4.69) is 31.7 Å². The summed E-state index contributed by atoms with van der Waals surface area (Å²) >= 11 is 0. The molecule has 1 aromatic rings. The fourth-order valence-corrected chi connectivity index (χ4v) is 2.46. The lowest BCUT2D eigenvalue weighted by atomic mass is 10.0. The predicted molar refractivity (Wildman–Crippen MR) is 76.9 cm³/mol. The number of likely N-dealkylation sites (N-methyl/N-ethyl adjacent to an activating group) is 1. The zero-order valence-electron chi connectivity index (χ0n) is 12.0. The molecule has 1 rings (SSSR count). The van der Waals surface area contributed by atoms with Crippen LogP contribution in [0.5, 0.6) is 5.75 Å². The minimum Gasteiger partial charge on any atom is -0.496 e. The molecule has 0 aliphatic heterocycles. The number of hydrogen-bond acceptors (Lipinski definition) is 3. The summed E-state index contributed by atoms with van der Waals surface area (Å²) in [6.45, 7) is 8.25. The average molecular weight is 250 g/mol. The third-order valence-electron chi connectivity index (χ3n) is 3.64. The Kier molecular flexibility index (Phi) is 6.16. The molecule has 3 nitrogen and oxygen atoms in total. The zero-order chi connectivity index (χ0) is 13.5. The summed E-state index contributed by atoms with van der Waals surface area (Å²) < 4.78 is 5.45. The number of benzene rings is 1. The Labute approximate surface area is 111 Å². The van der Waals surface area contributed by atoms with E-state index >= 15 is 0 Å². The maximum atomic E-state index is 6.00. The number of rotatable bonds is 7. The number of nitrogens with zero attached hydrogens (tertiary/aromatic N) is 1. The van der Waals surface area contributed by atoms with Crippen molar-refractivity contribution in [1.29, 1.82) is 0 Å². The summed E-state index contributed by atoms with van der Waals surface area (Å²) in [4.78, 5) is 2.44. The quantitative estimate of drug-likeness (QED) is 0.808. The Morgan fingerprint density at radius 2 is 1.94 bits per heavy atom. The van der Waals surface area contributed by atoms with Crippen molar-refractivity contribution in [2.75, 3.05) is 20.2 Å². The van der Waals surface area contributed by atoms with Gasteiger partial charge in [-0.1, -0.05) is 32.0 Å². The molecule has 0 radical (unpaired) electrons. The van der Waals surface area contributed by atoms with E-state index in [9.17, 15) is 0 Å². The molecular formula is C15H26N2O. The molecule has 0 aliphatic carbocycles. The van der Waals surface area contributed by atoms with Crippen molar-refractivity contribution < 1.29 is 4.74 Å². The van der Waals surface area contributed by atoms with Crippen LogP contribution >= 0.6 is 0 Å². The molecule has 2 atom stereocenters. The molecule has 0 aromatic heterocycles. The van der Waals surface area contributed by atoms with Crippen molar-refractivity contribution in [2.24, 2.45) is 5.73 Å². The second-order valence-electron chi connectivity index (χ2n) is 4.58. The van der Waals surface area contributed by atoms with Gasteiger partial charge in [-0.05, 0) is 26.0 Å². The van der Waals surface area contributed by atoms with Crippen LogP contribution < -0.4 is 10.5 Å². The molecule has 102 valence electrons. The minimum absolute atomic E-state index is 0.223. The van der Waals surface area contributed by atoms with Crippen LogP contribution in [-0.4, -0.2) is 31.1 Å². The molecule has 0 spiro atoms. The molecule has 0 fully saturated rings. The third-order valence-corrected chi connectivity index (χ3v) is 3.64. The van der Waals surface area contributed by atoms with E-state index in [1.165, 1.54) is 5.56 Å². The first-order valence-electron chi connectivity index (χ1n) is 6.78. The van der Waals surface area contributed by atoms with Crippen molar-refractivity contribution >= 4 is 0 Å². The summed E-state index contributed by atoms with van der Waals surface area (Å²) in [6.07, 6.45) is 1.12. The standard InChI is InChI=1S/C15H26N2O/c1-5-12(3)17(6-2)14(11-16)13-9-7-8-10-15(13)18-4/h7-10,12,14H,5-6,11,16H2,1-4H3. The molecule has 2 N–H and O–H groups in total. The maximum absolute atomic E-state index is 6.00. The highest BCUT2D eigenvalue weighted by Crippen LogP contribution is 2.30. The van der Waals surface area contributed by atoms with E-state index in [4.69, 9.17) is 10.5 Å². The molecular weight excluding hydrogens is 224 g/mol. The number of ether oxygens (including phenoxy) is 1. The van der Waals surface area contributed by atoms with Gasteiger partial charge in [-0.3, -0.25) is 4.90 Å². The van der Waals surface area contributed by atoms with E-state index < -0.39 is 0 Å². The Hall–Kier alpha value is -1.06. The number of methoxy groups -OCH3 is 1. The largest absolute Gasteiger partial charge is 0.496 e. The van der Waals surface area contributed by atoms with Gasteiger partial charge in [0, 0.05) is 18.2 Å². The van der Waals surface area contributed by atoms with Crippen LogP contribution in [0.3, 0.4) is 0 Å². The van der Waals surface area contributed by atoms with Crippen LogP contribution in [0.4, 0.5) is 0 Å². The first kappa shape index (κ1) is 15.0. The third kappa shape index (κ3) is 3.24. The summed E-state index contributed by atoms with van der Waals surface area (Å²) in [7, 11) is 1.71. The van der Waals surface area contributed by atoms with E-state index in [-0.39, 0.29) is 6.04 Å². The normalized spacial score (nSPS) is 14.6. The fourth-order valence-electron chi connectivity index (χ4n) is 2.46. The van der Waals surface area contributed by atoms with Crippen LogP contribution in [0.1, 0.15) is 38.8 Å². The van der Waals surface area contributed by atoms with E-state index in [0.717, 1.165) is 18.7 Å². The van der Waals surface area contributed by atoms with Gasteiger partial charge < -0.3 is 10.5 Å². The lowest BCUT2D eigenvalue weighted by molar-refractivity contribution is 0.149. The van der Waals surface area contributed by atoms with Crippen LogP contribution in [0, 0.1) is 0 Å². The van der Waals surface area contributed by atoms with Gasteiger partial charge in [-0.2, -0.15) is 0 Å². The number of nitrogens with two attached hydrogens (primary N) is 1. The smallest absolute Gasteiger partial charge is 0.123 e. The van der Waals surface area contributed by atoms with Crippen molar-refractivity contribution in [2.45, 2.75) is 39.3 Å². The summed E-state index contributed by atoms with van der Waals surface area (Å²) in [5, 5.41) is 0. The molecule has 0 aliphatic rings. The van der Waals surface area contributed by atoms with E-state index in [1.807, 2.05) is 18.2 Å². The first-order chi connectivity index (χ1) is 8.69. The summed E-state index contributed by atoms with van der Waals surface area (Å²) in [5.74, 6) is 0.926. The topological polar surface area (TPSA) is 38.5 Å². The highest BCUT2D eigenvalue weighted by Gasteiger charge is 2.23. The zero-order valence-corrected chi connectivity index (χ0v) is 12.0. The lowest BCUT2D eigenvalue weighted by Crippen LogP contribution is -2.39. The molecule has 0 heterocycles. The minimum atomic E-state index is 0.223. The molecule has 0 amide bonds. The molecule has 18 heavy (non-hydrogen) atoms. The van der Waals surface area contributed by atoms with Crippen LogP contribution in [0.2, 0.25) is 0 Å². The summed E-state index contributed by atoms with van der Waals surface area (Å²) in [5.41, 5.74) is 7.18. The van der Waals surface area contributed by atoms with Gasteiger partial charge in [-0.25, -0.2) is 0 Å². The Bertz CT molecular complexity index is 354. The van der Waals surface area contributed by atoms with Crippen molar-refractivity contribution in [1.82, 2.24) is 4.90 Å².